The zero-order valence-corrected chi connectivity index (χ0v) is 14.4. The van der Waals surface area contributed by atoms with Gasteiger partial charge in [-0.2, -0.15) is 0 Å². The molecule has 2 heterocycles. The van der Waals surface area contributed by atoms with E-state index in [-0.39, 0.29) is 5.82 Å². The Kier molecular flexibility index (Phi) is 4.38. The molecule has 0 unspecified atom stereocenters. The molecule has 0 aliphatic rings. The molecule has 0 bridgehead atoms. The fourth-order valence-electron chi connectivity index (χ4n) is 3.15. The lowest BCUT2D eigenvalue weighted by Gasteiger charge is -2.20. The Labute approximate surface area is 142 Å². The Hall–Kier alpha value is -2.62. The van der Waals surface area contributed by atoms with E-state index < -0.39 is 0 Å². The summed E-state index contributed by atoms with van der Waals surface area (Å²) in [7, 11) is 1.99. The van der Waals surface area contributed by atoms with Crippen LogP contribution in [0.2, 0.25) is 0 Å². The molecular formula is C20H22FN3. The van der Waals surface area contributed by atoms with Gasteiger partial charge in [0.1, 0.15) is 5.82 Å². The zero-order valence-electron chi connectivity index (χ0n) is 14.4. The highest BCUT2D eigenvalue weighted by Gasteiger charge is 2.15. The minimum atomic E-state index is -0.224. The van der Waals surface area contributed by atoms with E-state index in [1.54, 1.807) is 12.1 Å². The van der Waals surface area contributed by atoms with Crippen molar-refractivity contribution in [3.05, 3.63) is 72.0 Å². The summed E-state index contributed by atoms with van der Waals surface area (Å²) in [6, 6.07) is 8.60. The van der Waals surface area contributed by atoms with Gasteiger partial charge in [0.05, 0.1) is 17.8 Å². The van der Waals surface area contributed by atoms with Gasteiger partial charge in [-0.25, -0.2) is 4.39 Å². The minimum absolute atomic E-state index is 0.224. The van der Waals surface area contributed by atoms with Gasteiger partial charge < -0.3 is 9.47 Å². The third-order valence-electron chi connectivity index (χ3n) is 4.59. The Bertz CT molecular complexity index is 878. The van der Waals surface area contributed by atoms with Crippen molar-refractivity contribution in [3.63, 3.8) is 0 Å². The molecule has 0 spiro atoms. The molecule has 2 aromatic heterocycles. The zero-order chi connectivity index (χ0) is 17.3. The maximum Gasteiger partial charge on any atom is 0.123 e. The molecule has 0 N–H and O–H groups in total. The van der Waals surface area contributed by atoms with Crippen LogP contribution in [0.4, 0.5) is 10.1 Å². The first-order valence-corrected chi connectivity index (χ1v) is 8.03. The molecule has 3 aromatic rings. The Balaban J connectivity index is 2.04. The molecule has 0 atom stereocenters. The maximum absolute atomic E-state index is 13.1. The van der Waals surface area contributed by atoms with Crippen molar-refractivity contribution in [2.75, 3.05) is 11.9 Å². The number of pyridine rings is 1. The highest BCUT2D eigenvalue weighted by molar-refractivity contribution is 5.87. The van der Waals surface area contributed by atoms with Gasteiger partial charge in [0.2, 0.25) is 0 Å². The quantitative estimate of drug-likeness (QED) is 0.639. The third kappa shape index (κ3) is 2.80. The maximum atomic E-state index is 13.1. The van der Waals surface area contributed by atoms with Crippen LogP contribution in [0, 0.1) is 19.7 Å². The number of aromatic nitrogens is 2. The van der Waals surface area contributed by atoms with Gasteiger partial charge in [-0.1, -0.05) is 6.08 Å². The number of rotatable bonds is 5. The summed E-state index contributed by atoms with van der Waals surface area (Å²) < 4.78 is 15.4. The number of hydrogen-bond donors (Lipinski definition) is 0. The van der Waals surface area contributed by atoms with Crippen LogP contribution in [-0.4, -0.2) is 16.6 Å². The van der Waals surface area contributed by atoms with Gasteiger partial charge in [-0.05, 0) is 49.7 Å². The second-order valence-electron chi connectivity index (χ2n) is 6.10. The molecular weight excluding hydrogens is 301 g/mol. The summed E-state index contributed by atoms with van der Waals surface area (Å²) in [5.74, 6) is -0.224. The summed E-state index contributed by atoms with van der Waals surface area (Å²) in [5, 5.41) is 1.23. The first kappa shape index (κ1) is 16.2. The van der Waals surface area contributed by atoms with Crippen molar-refractivity contribution in [2.45, 2.75) is 26.9 Å². The fraction of sp³-hybridized carbons (Fsp3) is 0.250. The number of allylic oxidation sites excluding steroid dienone is 1. The number of aryl methyl sites for hydroxylation is 1. The van der Waals surface area contributed by atoms with E-state index in [0.717, 1.165) is 23.4 Å². The van der Waals surface area contributed by atoms with Gasteiger partial charge in [0.15, 0.2) is 0 Å². The Morgan fingerprint density at radius 2 is 1.92 bits per heavy atom. The first-order chi connectivity index (χ1) is 11.5. The predicted octanol–water partition coefficient (Wildman–Crippen LogP) is 4.61. The van der Waals surface area contributed by atoms with Crippen molar-refractivity contribution in [2.24, 2.45) is 0 Å². The molecule has 0 fully saturated rings. The van der Waals surface area contributed by atoms with Gasteiger partial charge in [0, 0.05) is 36.6 Å². The Morgan fingerprint density at radius 3 is 2.58 bits per heavy atom. The standard InChI is InChI=1S/C20H22FN3/c1-5-12-24-15(3)14(2)18-10-11-22-19(20(18)24)13-23(4)17-8-6-16(21)7-9-17/h5-11H,1,12-13H2,2-4H3. The number of halogens is 1. The molecule has 4 heteroatoms. The van der Waals surface area contributed by atoms with Crippen LogP contribution in [0.15, 0.2) is 49.2 Å². The van der Waals surface area contributed by atoms with Crippen LogP contribution in [0.5, 0.6) is 0 Å². The summed E-state index contributed by atoms with van der Waals surface area (Å²) in [5.41, 5.74) is 5.65. The number of fused-ring (bicyclic) bond motifs is 1. The van der Waals surface area contributed by atoms with Crippen LogP contribution in [0.25, 0.3) is 10.9 Å². The van der Waals surface area contributed by atoms with E-state index in [1.807, 2.05) is 19.3 Å². The fourth-order valence-corrected chi connectivity index (χ4v) is 3.15. The molecule has 3 rings (SSSR count). The molecule has 0 saturated carbocycles. The lowest BCUT2D eigenvalue weighted by atomic mass is 10.1. The summed E-state index contributed by atoms with van der Waals surface area (Å²) >= 11 is 0. The SMILES string of the molecule is C=CCn1c(C)c(C)c2ccnc(CN(C)c3ccc(F)cc3)c21. The lowest BCUT2D eigenvalue weighted by Crippen LogP contribution is -2.18. The van der Waals surface area contributed by atoms with E-state index in [4.69, 9.17) is 0 Å². The van der Waals surface area contributed by atoms with Gasteiger partial charge in [-0.15, -0.1) is 6.58 Å². The second kappa shape index (κ2) is 6.48. The van der Waals surface area contributed by atoms with Crippen molar-refractivity contribution in [1.29, 1.82) is 0 Å². The molecule has 0 saturated heterocycles. The molecule has 124 valence electrons. The van der Waals surface area contributed by atoms with E-state index in [0.29, 0.717) is 6.54 Å². The van der Waals surface area contributed by atoms with Crippen molar-refractivity contribution in [1.82, 2.24) is 9.55 Å². The number of hydrogen-bond acceptors (Lipinski definition) is 2. The summed E-state index contributed by atoms with van der Waals surface area (Å²) in [6.07, 6.45) is 3.77. The van der Waals surface area contributed by atoms with Crippen molar-refractivity contribution < 1.29 is 4.39 Å². The molecule has 1 aromatic carbocycles. The highest BCUT2D eigenvalue weighted by atomic mass is 19.1. The average Bonchev–Trinajstić information content (AvgIpc) is 2.82. The van der Waals surface area contributed by atoms with Crippen molar-refractivity contribution >= 4 is 16.6 Å². The van der Waals surface area contributed by atoms with Crippen LogP contribution in [-0.2, 0) is 13.1 Å². The van der Waals surface area contributed by atoms with Crippen LogP contribution >= 0.6 is 0 Å². The van der Waals surface area contributed by atoms with Crippen LogP contribution in [0.1, 0.15) is 17.0 Å². The first-order valence-electron chi connectivity index (χ1n) is 8.03. The molecule has 24 heavy (non-hydrogen) atoms. The lowest BCUT2D eigenvalue weighted by molar-refractivity contribution is 0.627. The van der Waals surface area contributed by atoms with E-state index >= 15 is 0 Å². The van der Waals surface area contributed by atoms with Gasteiger partial charge in [-0.3, -0.25) is 4.98 Å². The number of nitrogens with zero attached hydrogens (tertiary/aromatic N) is 3. The second-order valence-corrected chi connectivity index (χ2v) is 6.10. The highest BCUT2D eigenvalue weighted by Crippen LogP contribution is 2.28. The van der Waals surface area contributed by atoms with Gasteiger partial charge in [0.25, 0.3) is 0 Å². The average molecular weight is 323 g/mol. The number of anilines is 1. The van der Waals surface area contributed by atoms with E-state index in [2.05, 4.69) is 40.9 Å². The third-order valence-corrected chi connectivity index (χ3v) is 4.59. The van der Waals surface area contributed by atoms with E-state index in [1.165, 1.54) is 28.8 Å². The minimum Gasteiger partial charge on any atom is -0.369 e. The Morgan fingerprint density at radius 1 is 1.21 bits per heavy atom. The van der Waals surface area contributed by atoms with Gasteiger partial charge >= 0.3 is 0 Å². The molecule has 3 nitrogen and oxygen atoms in total. The van der Waals surface area contributed by atoms with Crippen LogP contribution < -0.4 is 4.90 Å². The largest absolute Gasteiger partial charge is 0.369 e. The molecule has 0 aliphatic carbocycles. The normalized spacial score (nSPS) is 11.0. The summed E-state index contributed by atoms with van der Waals surface area (Å²) in [4.78, 5) is 6.70. The van der Waals surface area contributed by atoms with Crippen LogP contribution in [0.3, 0.4) is 0 Å². The van der Waals surface area contributed by atoms with E-state index in [9.17, 15) is 4.39 Å². The smallest absolute Gasteiger partial charge is 0.123 e. The monoisotopic (exact) mass is 323 g/mol. The van der Waals surface area contributed by atoms with Crippen molar-refractivity contribution in [3.8, 4) is 0 Å². The topological polar surface area (TPSA) is 21.1 Å². The number of benzene rings is 1. The molecule has 0 amide bonds. The summed E-state index contributed by atoms with van der Waals surface area (Å²) in [6.45, 7) is 9.56. The molecule has 0 aliphatic heterocycles. The molecule has 0 radical (unpaired) electrons. The predicted molar refractivity (Wildman–Crippen MR) is 97.9 cm³/mol.